The zero-order chi connectivity index (χ0) is 29.8. The molecule has 0 aliphatic heterocycles. The lowest BCUT2D eigenvalue weighted by atomic mass is 10.00. The largest absolute Gasteiger partial charge is 0.508 e. The summed E-state index contributed by atoms with van der Waals surface area (Å²) in [5, 5.41) is 26.9. The molecule has 0 aliphatic carbocycles. The summed E-state index contributed by atoms with van der Waals surface area (Å²) in [6, 6.07) is 1.27. The molecule has 14 nitrogen and oxygen atoms in total. The summed E-state index contributed by atoms with van der Waals surface area (Å²) in [5.41, 5.74) is 12.0. The molecule has 0 fully saturated rings. The topological polar surface area (TPSA) is 243 Å². The number of H-pyrrole nitrogens is 1. The maximum Gasteiger partial charge on any atom is 0.326 e. The molecule has 2 aromatic rings. The van der Waals surface area contributed by atoms with Crippen molar-refractivity contribution in [2.24, 2.45) is 17.4 Å². The second-order valence-corrected chi connectivity index (χ2v) is 9.91. The molecule has 1 aromatic heterocycles. The van der Waals surface area contributed by atoms with Crippen LogP contribution in [0.25, 0.3) is 0 Å². The average molecular weight is 560 g/mol. The summed E-state index contributed by atoms with van der Waals surface area (Å²) >= 11 is 0. The number of phenolic OH excluding ortho intramolecular Hbond substituents is 1. The van der Waals surface area contributed by atoms with Crippen LogP contribution in [0.2, 0.25) is 0 Å². The van der Waals surface area contributed by atoms with Crippen molar-refractivity contribution in [2.45, 2.75) is 70.1 Å². The Hall–Kier alpha value is -4.46. The van der Waals surface area contributed by atoms with Crippen LogP contribution >= 0.6 is 0 Å². The fraction of sp³-hybridized carbons (Fsp3) is 0.462. The van der Waals surface area contributed by atoms with Crippen LogP contribution in [0.5, 0.6) is 5.75 Å². The van der Waals surface area contributed by atoms with Crippen molar-refractivity contribution >= 4 is 29.6 Å². The van der Waals surface area contributed by atoms with Gasteiger partial charge in [-0.1, -0.05) is 26.0 Å². The van der Waals surface area contributed by atoms with Crippen molar-refractivity contribution in [2.75, 3.05) is 0 Å². The molecular formula is C26H37N7O7. The number of rotatable bonds is 16. The van der Waals surface area contributed by atoms with E-state index in [4.69, 9.17) is 11.5 Å². The van der Waals surface area contributed by atoms with Gasteiger partial charge in [-0.2, -0.15) is 0 Å². The number of amides is 4. The molecule has 0 saturated carbocycles. The van der Waals surface area contributed by atoms with Crippen LogP contribution in [0.15, 0.2) is 36.8 Å². The van der Waals surface area contributed by atoms with Crippen LogP contribution in [0.1, 0.15) is 44.4 Å². The van der Waals surface area contributed by atoms with Gasteiger partial charge in [-0.05, 0) is 36.5 Å². The first-order chi connectivity index (χ1) is 18.8. The highest BCUT2D eigenvalue weighted by molar-refractivity contribution is 5.94. The average Bonchev–Trinajstić information content (AvgIpc) is 3.40. The lowest BCUT2D eigenvalue weighted by Gasteiger charge is -2.26. The fourth-order valence-electron chi connectivity index (χ4n) is 3.85. The monoisotopic (exact) mass is 559 g/mol. The van der Waals surface area contributed by atoms with Gasteiger partial charge in [0.05, 0.1) is 12.4 Å². The highest BCUT2D eigenvalue weighted by Gasteiger charge is 2.31. The Morgan fingerprint density at radius 1 is 0.925 bits per heavy atom. The number of aromatic nitrogens is 2. The summed E-state index contributed by atoms with van der Waals surface area (Å²) in [6.45, 7) is 3.68. The Balaban J connectivity index is 2.23. The second-order valence-electron chi connectivity index (χ2n) is 9.91. The number of primary amides is 1. The van der Waals surface area contributed by atoms with E-state index in [0.717, 1.165) is 0 Å². The molecule has 0 saturated heterocycles. The molecule has 1 aromatic carbocycles. The first kappa shape index (κ1) is 31.8. The van der Waals surface area contributed by atoms with E-state index in [2.05, 4.69) is 25.9 Å². The zero-order valence-electron chi connectivity index (χ0n) is 22.4. The second kappa shape index (κ2) is 15.2. The molecule has 14 heteroatoms. The van der Waals surface area contributed by atoms with Gasteiger partial charge in [0, 0.05) is 31.2 Å². The summed E-state index contributed by atoms with van der Waals surface area (Å²) in [7, 11) is 0. The van der Waals surface area contributed by atoms with Crippen LogP contribution < -0.4 is 27.4 Å². The molecule has 0 radical (unpaired) electrons. The van der Waals surface area contributed by atoms with Crippen LogP contribution in [0.3, 0.4) is 0 Å². The third-order valence-corrected chi connectivity index (χ3v) is 5.98. The summed E-state index contributed by atoms with van der Waals surface area (Å²) < 4.78 is 0. The van der Waals surface area contributed by atoms with Gasteiger partial charge in [-0.15, -0.1) is 0 Å². The van der Waals surface area contributed by atoms with Crippen molar-refractivity contribution in [3.63, 3.8) is 0 Å². The van der Waals surface area contributed by atoms with Crippen LogP contribution in [-0.4, -0.2) is 73.9 Å². The van der Waals surface area contributed by atoms with Gasteiger partial charge in [0.25, 0.3) is 0 Å². The Labute approximate surface area is 231 Å². The Kier molecular flexibility index (Phi) is 12.1. The van der Waals surface area contributed by atoms with Crippen molar-refractivity contribution in [3.8, 4) is 5.75 Å². The van der Waals surface area contributed by atoms with Crippen LogP contribution in [0, 0.1) is 5.92 Å². The molecule has 40 heavy (non-hydrogen) atoms. The highest BCUT2D eigenvalue weighted by Crippen LogP contribution is 2.13. The van der Waals surface area contributed by atoms with E-state index in [0.29, 0.717) is 11.3 Å². The van der Waals surface area contributed by atoms with Gasteiger partial charge >= 0.3 is 5.97 Å². The molecule has 4 unspecified atom stereocenters. The maximum atomic E-state index is 13.3. The van der Waals surface area contributed by atoms with Crippen molar-refractivity contribution in [1.29, 1.82) is 0 Å². The molecule has 0 spiro atoms. The van der Waals surface area contributed by atoms with Gasteiger partial charge < -0.3 is 42.6 Å². The number of nitrogens with two attached hydrogens (primary N) is 2. The van der Waals surface area contributed by atoms with Crippen LogP contribution in [-0.2, 0) is 36.8 Å². The quantitative estimate of drug-likeness (QED) is 0.127. The SMILES string of the molecule is CC(C)CC(NC(=O)C(N)CCC(N)=O)C(=O)NC(Cc1ccc(O)cc1)C(=O)NC(Cc1cnc[nH]1)C(=O)O. The standard InChI is InChI=1S/C26H37N7O7/c1-14(2)9-19(31-23(36)18(27)7-8-22(28)35)24(37)32-20(10-15-3-5-17(34)6-4-15)25(38)33-21(26(39)40)11-16-12-29-13-30-16/h3-6,12-14,18-21,34H,7-11,27H2,1-2H3,(H2,28,35)(H,29,30)(H,31,36)(H,32,37)(H,33,38)(H,39,40). The molecule has 1 heterocycles. The van der Waals surface area contributed by atoms with Gasteiger partial charge in [0.2, 0.25) is 23.6 Å². The van der Waals surface area contributed by atoms with E-state index >= 15 is 0 Å². The summed E-state index contributed by atoms with van der Waals surface area (Å²) in [5.74, 6) is -4.03. The number of imidazole rings is 1. The number of aromatic amines is 1. The van der Waals surface area contributed by atoms with E-state index in [9.17, 15) is 34.2 Å². The van der Waals surface area contributed by atoms with E-state index in [1.165, 1.54) is 24.7 Å². The predicted molar refractivity (Wildman–Crippen MR) is 143 cm³/mol. The van der Waals surface area contributed by atoms with E-state index in [1.54, 1.807) is 12.1 Å². The fourth-order valence-corrected chi connectivity index (χ4v) is 3.85. The third-order valence-electron chi connectivity index (χ3n) is 5.98. The number of nitrogens with zero attached hydrogens (tertiary/aromatic N) is 1. The molecule has 2 rings (SSSR count). The highest BCUT2D eigenvalue weighted by atomic mass is 16.4. The van der Waals surface area contributed by atoms with Gasteiger partial charge in [0.1, 0.15) is 23.9 Å². The lowest BCUT2D eigenvalue weighted by molar-refractivity contribution is -0.142. The number of carboxylic acid groups (broad SMARTS) is 1. The van der Waals surface area contributed by atoms with Crippen molar-refractivity contribution in [3.05, 3.63) is 48.0 Å². The van der Waals surface area contributed by atoms with E-state index < -0.39 is 53.8 Å². The molecule has 218 valence electrons. The first-order valence-electron chi connectivity index (χ1n) is 12.8. The Morgan fingerprint density at radius 2 is 1.52 bits per heavy atom. The summed E-state index contributed by atoms with van der Waals surface area (Å²) in [4.78, 5) is 68.8. The van der Waals surface area contributed by atoms with Gasteiger partial charge in [0.15, 0.2) is 0 Å². The number of benzene rings is 1. The van der Waals surface area contributed by atoms with Crippen molar-refractivity contribution in [1.82, 2.24) is 25.9 Å². The van der Waals surface area contributed by atoms with E-state index in [1.807, 2.05) is 13.8 Å². The van der Waals surface area contributed by atoms with E-state index in [-0.39, 0.29) is 43.8 Å². The minimum absolute atomic E-state index is 0.00399. The number of hydrogen-bond acceptors (Lipinski definition) is 8. The smallest absolute Gasteiger partial charge is 0.326 e. The number of carbonyl (C=O) groups excluding carboxylic acids is 4. The van der Waals surface area contributed by atoms with Gasteiger partial charge in [-0.25, -0.2) is 9.78 Å². The number of nitrogens with one attached hydrogen (secondary N) is 4. The third kappa shape index (κ3) is 10.7. The molecule has 0 bridgehead atoms. The van der Waals surface area contributed by atoms with Crippen LogP contribution in [0.4, 0.5) is 0 Å². The first-order valence-corrected chi connectivity index (χ1v) is 12.8. The molecule has 0 aliphatic rings. The predicted octanol–water partition coefficient (Wildman–Crippen LogP) is -0.922. The lowest BCUT2D eigenvalue weighted by Crippen LogP contribution is -2.58. The number of aliphatic carboxylic acids is 1. The number of carboxylic acids is 1. The Morgan fingerprint density at radius 3 is 2.08 bits per heavy atom. The number of aromatic hydroxyl groups is 1. The zero-order valence-corrected chi connectivity index (χ0v) is 22.4. The number of hydrogen-bond donors (Lipinski definition) is 8. The molecular weight excluding hydrogens is 522 g/mol. The maximum absolute atomic E-state index is 13.3. The van der Waals surface area contributed by atoms with Crippen molar-refractivity contribution < 1.29 is 34.2 Å². The summed E-state index contributed by atoms with van der Waals surface area (Å²) in [6.07, 6.45) is 2.82. The minimum Gasteiger partial charge on any atom is -0.508 e. The molecule has 10 N–H and O–H groups in total. The normalized spacial score (nSPS) is 14.0. The Bertz CT molecular complexity index is 1150. The van der Waals surface area contributed by atoms with Gasteiger partial charge in [-0.3, -0.25) is 19.2 Å². The molecule has 4 amide bonds. The number of phenols is 1. The minimum atomic E-state index is -1.32. The molecule has 4 atom stereocenters. The number of carbonyl (C=O) groups is 5.